The monoisotopic (exact) mass is 517 g/mol. The molecule has 1 atom stereocenters. The third-order valence-corrected chi connectivity index (χ3v) is 6.98. The van der Waals surface area contributed by atoms with Crippen LogP contribution in [0.2, 0.25) is 0 Å². The fraction of sp³-hybridized carbons (Fsp3) is 0.333. The number of amides is 1. The number of imidazole rings is 1. The lowest BCUT2D eigenvalue weighted by atomic mass is 10.1. The molecule has 11 nitrogen and oxygen atoms in total. The summed E-state index contributed by atoms with van der Waals surface area (Å²) in [6.45, 7) is 4.72. The maximum atomic E-state index is 12.2. The zero-order valence-electron chi connectivity index (χ0n) is 22.1. The molecule has 0 bridgehead atoms. The Morgan fingerprint density at radius 3 is 2.47 bits per heavy atom. The van der Waals surface area contributed by atoms with Gasteiger partial charge in [0.2, 0.25) is 11.9 Å². The maximum absolute atomic E-state index is 12.2. The minimum atomic E-state index is -0.451. The molecule has 3 heterocycles. The van der Waals surface area contributed by atoms with Crippen LogP contribution < -0.4 is 30.2 Å². The summed E-state index contributed by atoms with van der Waals surface area (Å²) < 4.78 is 18.4. The third-order valence-electron chi connectivity index (χ3n) is 6.98. The normalized spacial score (nSPS) is 15.1. The molecule has 0 spiro atoms. The second-order valence-corrected chi connectivity index (χ2v) is 9.23. The minimum Gasteiger partial charge on any atom is -0.496 e. The highest BCUT2D eigenvalue weighted by molar-refractivity contribution is 5.95. The first-order valence-corrected chi connectivity index (χ1v) is 12.3. The average molecular weight is 518 g/mol. The van der Waals surface area contributed by atoms with Crippen LogP contribution >= 0.6 is 0 Å². The predicted molar refractivity (Wildman–Crippen MR) is 145 cm³/mol. The van der Waals surface area contributed by atoms with E-state index in [1.165, 1.54) is 0 Å². The maximum Gasteiger partial charge on any atom is 0.240 e. The molecule has 0 unspecified atom stereocenters. The Morgan fingerprint density at radius 2 is 1.76 bits per heavy atom. The lowest BCUT2D eigenvalue weighted by molar-refractivity contribution is -0.119. The first-order chi connectivity index (χ1) is 18.3. The summed E-state index contributed by atoms with van der Waals surface area (Å²) in [4.78, 5) is 28.2. The van der Waals surface area contributed by atoms with Gasteiger partial charge >= 0.3 is 0 Å². The number of primary amides is 1. The summed E-state index contributed by atoms with van der Waals surface area (Å²) in [5, 5.41) is 3.95. The van der Waals surface area contributed by atoms with Gasteiger partial charge in [0, 0.05) is 24.1 Å². The molecule has 0 radical (unpaired) electrons. The zero-order chi connectivity index (χ0) is 27.0. The van der Waals surface area contributed by atoms with Crippen LogP contribution in [0.4, 0.5) is 17.6 Å². The van der Waals surface area contributed by atoms with E-state index in [0.29, 0.717) is 47.6 Å². The number of anilines is 3. The highest BCUT2D eigenvalue weighted by Crippen LogP contribution is 2.38. The number of carbonyl (C=O) groups excluding carboxylic acids is 1. The molecule has 198 valence electrons. The van der Waals surface area contributed by atoms with Crippen molar-refractivity contribution in [2.45, 2.75) is 32.7 Å². The lowest BCUT2D eigenvalue weighted by Gasteiger charge is -2.25. The van der Waals surface area contributed by atoms with Crippen LogP contribution in [0.3, 0.4) is 0 Å². The Morgan fingerprint density at radius 1 is 1.03 bits per heavy atom. The van der Waals surface area contributed by atoms with Crippen molar-refractivity contribution in [3.05, 3.63) is 47.9 Å². The van der Waals surface area contributed by atoms with Crippen molar-refractivity contribution in [2.24, 2.45) is 5.73 Å². The number of ether oxygens (including phenoxy) is 3. The molecule has 2 aromatic carbocycles. The van der Waals surface area contributed by atoms with Crippen LogP contribution in [-0.2, 0) is 4.79 Å². The molecule has 1 aliphatic heterocycles. The Labute approximate surface area is 220 Å². The fourth-order valence-electron chi connectivity index (χ4n) is 4.84. The first-order valence-electron chi connectivity index (χ1n) is 12.3. The van der Waals surface area contributed by atoms with E-state index in [2.05, 4.69) is 16.4 Å². The molecule has 11 heteroatoms. The molecule has 1 fully saturated rings. The van der Waals surface area contributed by atoms with E-state index < -0.39 is 6.04 Å². The number of benzene rings is 2. The number of nitrogens with one attached hydrogen (secondary N) is 1. The van der Waals surface area contributed by atoms with Crippen LogP contribution in [0, 0.1) is 13.8 Å². The summed E-state index contributed by atoms with van der Waals surface area (Å²) in [5.41, 5.74) is 9.48. The SMILES string of the molecule is COc1cc2nc(Nc3cn(-c4cc(C)c(C)c(OC)c4)cn3)nc(N3CCC[C@H]3C(N)=O)c2cc1OC. The number of aromatic nitrogens is 4. The molecule has 0 saturated carbocycles. The van der Waals surface area contributed by atoms with Gasteiger partial charge in [-0.25, -0.2) is 9.97 Å². The number of rotatable bonds is 8. The van der Waals surface area contributed by atoms with Crippen molar-refractivity contribution >= 4 is 34.4 Å². The molecular weight excluding hydrogens is 486 g/mol. The number of carbonyl (C=O) groups is 1. The number of fused-ring (bicyclic) bond motifs is 1. The van der Waals surface area contributed by atoms with E-state index in [1.54, 1.807) is 33.7 Å². The van der Waals surface area contributed by atoms with Crippen LogP contribution in [-0.4, -0.2) is 59.3 Å². The second kappa shape index (κ2) is 10.1. The lowest BCUT2D eigenvalue weighted by Crippen LogP contribution is -2.41. The average Bonchev–Trinajstić information content (AvgIpc) is 3.59. The van der Waals surface area contributed by atoms with Gasteiger partial charge in [0.1, 0.15) is 23.9 Å². The van der Waals surface area contributed by atoms with Crippen molar-refractivity contribution in [1.29, 1.82) is 0 Å². The summed E-state index contributed by atoms with van der Waals surface area (Å²) in [7, 11) is 4.81. The highest BCUT2D eigenvalue weighted by Gasteiger charge is 2.32. The Bertz CT molecular complexity index is 1520. The summed E-state index contributed by atoms with van der Waals surface area (Å²) in [5.74, 6) is 2.99. The van der Waals surface area contributed by atoms with E-state index in [9.17, 15) is 4.79 Å². The van der Waals surface area contributed by atoms with E-state index >= 15 is 0 Å². The largest absolute Gasteiger partial charge is 0.496 e. The molecule has 38 heavy (non-hydrogen) atoms. The van der Waals surface area contributed by atoms with Crippen molar-refractivity contribution < 1.29 is 19.0 Å². The number of methoxy groups -OCH3 is 3. The highest BCUT2D eigenvalue weighted by atomic mass is 16.5. The first kappa shape index (κ1) is 25.1. The molecule has 1 aliphatic rings. The second-order valence-electron chi connectivity index (χ2n) is 9.23. The molecule has 2 aromatic heterocycles. The topological polar surface area (TPSA) is 130 Å². The van der Waals surface area contributed by atoms with Gasteiger partial charge in [-0.2, -0.15) is 4.98 Å². The Kier molecular flexibility index (Phi) is 6.66. The van der Waals surface area contributed by atoms with Gasteiger partial charge in [0.25, 0.3) is 0 Å². The smallest absolute Gasteiger partial charge is 0.240 e. The van der Waals surface area contributed by atoms with Gasteiger partial charge in [0.05, 0.1) is 38.7 Å². The van der Waals surface area contributed by atoms with Crippen LogP contribution in [0.1, 0.15) is 24.0 Å². The van der Waals surface area contributed by atoms with Crippen molar-refractivity contribution in [2.75, 3.05) is 38.1 Å². The van der Waals surface area contributed by atoms with Gasteiger partial charge in [-0.3, -0.25) is 4.79 Å². The summed E-state index contributed by atoms with van der Waals surface area (Å²) in [6, 6.07) is 7.21. The molecule has 4 aromatic rings. The van der Waals surface area contributed by atoms with E-state index in [4.69, 9.17) is 29.9 Å². The fourth-order valence-corrected chi connectivity index (χ4v) is 4.84. The third kappa shape index (κ3) is 4.51. The summed E-state index contributed by atoms with van der Waals surface area (Å²) in [6.07, 6.45) is 5.07. The van der Waals surface area contributed by atoms with Gasteiger partial charge in [-0.1, -0.05) is 0 Å². The summed E-state index contributed by atoms with van der Waals surface area (Å²) >= 11 is 0. The van der Waals surface area contributed by atoms with Gasteiger partial charge in [-0.05, 0) is 49.9 Å². The van der Waals surface area contributed by atoms with E-state index in [0.717, 1.165) is 34.4 Å². The predicted octanol–water partition coefficient (Wildman–Crippen LogP) is 3.66. The van der Waals surface area contributed by atoms with Crippen molar-refractivity contribution in [1.82, 2.24) is 19.5 Å². The number of aryl methyl sites for hydroxylation is 1. The molecule has 1 amide bonds. The minimum absolute atomic E-state index is 0.331. The van der Waals surface area contributed by atoms with Gasteiger partial charge in [0.15, 0.2) is 17.3 Å². The number of hydrogen-bond acceptors (Lipinski definition) is 9. The van der Waals surface area contributed by atoms with Crippen molar-refractivity contribution in [3.8, 4) is 22.9 Å². The number of hydrogen-bond donors (Lipinski definition) is 2. The quantitative estimate of drug-likeness (QED) is 0.360. The van der Waals surface area contributed by atoms with E-state index in [1.807, 2.05) is 41.6 Å². The Balaban J connectivity index is 1.56. The zero-order valence-corrected chi connectivity index (χ0v) is 22.1. The van der Waals surface area contributed by atoms with Gasteiger partial charge in [-0.15, -0.1) is 0 Å². The molecular formula is C27H31N7O4. The number of nitrogens with two attached hydrogens (primary N) is 1. The molecule has 1 saturated heterocycles. The van der Waals surface area contributed by atoms with Gasteiger partial charge < -0.3 is 34.7 Å². The van der Waals surface area contributed by atoms with E-state index in [-0.39, 0.29) is 5.91 Å². The number of nitrogens with zero attached hydrogens (tertiary/aromatic N) is 5. The Hall–Kier alpha value is -4.54. The van der Waals surface area contributed by atoms with Crippen molar-refractivity contribution in [3.63, 3.8) is 0 Å². The molecule has 0 aliphatic carbocycles. The molecule has 5 rings (SSSR count). The van der Waals surface area contributed by atoms with Crippen LogP contribution in [0.5, 0.6) is 17.2 Å². The van der Waals surface area contributed by atoms with Crippen LogP contribution in [0.15, 0.2) is 36.8 Å². The van der Waals surface area contributed by atoms with Crippen LogP contribution in [0.25, 0.3) is 16.6 Å². The standard InChI is InChI=1S/C27H31N7O4/c1-15-9-17(10-21(36-3)16(15)2)33-13-24(29-14-33)31-27-30-19-12-23(38-5)22(37-4)11-18(19)26(32-27)34-8-6-7-20(34)25(28)35/h9-14,20H,6-8H2,1-5H3,(H2,28,35)(H,30,31,32)/t20-/m0/s1. The molecule has 3 N–H and O–H groups in total.